The van der Waals surface area contributed by atoms with Gasteiger partial charge in [0, 0.05) is 12.8 Å². The van der Waals surface area contributed by atoms with Gasteiger partial charge < -0.3 is 24.4 Å². The van der Waals surface area contributed by atoms with Gasteiger partial charge in [0.15, 0.2) is 6.10 Å². The Labute approximate surface area is 307 Å². The van der Waals surface area contributed by atoms with Gasteiger partial charge in [-0.05, 0) is 83.5 Å². The number of aliphatic hydroxyl groups is 1. The first-order chi connectivity index (χ1) is 24.7. The summed E-state index contributed by atoms with van der Waals surface area (Å²) in [4.78, 5) is 42.7. The lowest BCUT2D eigenvalue weighted by atomic mass is 10.1. The molecule has 0 radical (unpaired) electrons. The second-order valence-corrected chi connectivity index (χ2v) is 13.2. The van der Waals surface area contributed by atoms with Crippen LogP contribution in [-0.2, 0) is 28.2 Å². The average molecular weight is 733 g/mol. The Bertz CT molecular complexity index is 1160. The molecule has 0 aliphatic rings. The second-order valence-electron chi connectivity index (χ2n) is 12.0. The van der Waals surface area contributed by atoms with Crippen LogP contribution in [-0.4, -0.2) is 52.3 Å². The van der Waals surface area contributed by atoms with E-state index in [4.69, 9.17) is 19.3 Å². The van der Waals surface area contributed by atoms with E-state index in [1.54, 1.807) is 6.08 Å². The van der Waals surface area contributed by atoms with E-state index in [1.807, 2.05) is 37.3 Å². The van der Waals surface area contributed by atoms with Gasteiger partial charge in [0.05, 0.1) is 12.7 Å². The molecule has 0 rings (SSSR count). The Morgan fingerprint density at radius 2 is 1.10 bits per heavy atom. The molecule has 0 aromatic heterocycles. The number of esters is 2. The number of unbranched alkanes of at least 4 members (excludes halogenated alkanes) is 6. The fraction of sp³-hybridized carbons (Fsp3) is 0.561. The quantitative estimate of drug-likeness (QED) is 0.0203. The highest BCUT2D eigenvalue weighted by molar-refractivity contribution is 7.46. The van der Waals surface area contributed by atoms with Crippen LogP contribution < -0.4 is 0 Å². The summed E-state index contributed by atoms with van der Waals surface area (Å²) in [6.45, 7) is 3.21. The van der Waals surface area contributed by atoms with E-state index in [9.17, 15) is 19.3 Å². The molecule has 0 unspecified atom stereocenters. The number of allylic oxidation sites excluding steroid dienone is 15. The summed E-state index contributed by atoms with van der Waals surface area (Å²) in [5, 5.41) is 9.44. The summed E-state index contributed by atoms with van der Waals surface area (Å²) in [5.74, 6) is -1.03. The Kier molecular flexibility index (Phi) is 33.2. The molecular formula is C41H65O9P. The van der Waals surface area contributed by atoms with Crippen LogP contribution in [0.3, 0.4) is 0 Å². The lowest BCUT2D eigenvalue weighted by Crippen LogP contribution is -2.29. The van der Waals surface area contributed by atoms with E-state index < -0.39 is 32.5 Å². The maximum Gasteiger partial charge on any atom is 0.469 e. The lowest BCUT2D eigenvalue weighted by molar-refractivity contribution is -0.161. The van der Waals surface area contributed by atoms with Crippen molar-refractivity contribution in [2.75, 3.05) is 13.2 Å². The first-order valence-electron chi connectivity index (χ1n) is 18.6. The minimum Gasteiger partial charge on any atom is -0.462 e. The molecule has 0 saturated heterocycles. The molecule has 10 heteroatoms. The predicted molar refractivity (Wildman–Crippen MR) is 208 cm³/mol. The third-order valence-electron chi connectivity index (χ3n) is 7.24. The zero-order chi connectivity index (χ0) is 37.7. The number of carbonyl (C=O) groups is 2. The minimum atomic E-state index is -4.79. The van der Waals surface area contributed by atoms with Gasteiger partial charge in [-0.15, -0.1) is 0 Å². The normalized spacial score (nSPS) is 14.2. The van der Waals surface area contributed by atoms with Gasteiger partial charge in [0.1, 0.15) is 6.61 Å². The fourth-order valence-electron chi connectivity index (χ4n) is 4.31. The summed E-state index contributed by atoms with van der Waals surface area (Å²) in [6, 6.07) is 0. The number of hydrogen-bond acceptors (Lipinski definition) is 7. The number of rotatable bonds is 32. The molecule has 0 aliphatic carbocycles. The van der Waals surface area contributed by atoms with E-state index in [-0.39, 0.29) is 25.6 Å². The molecule has 3 N–H and O–H groups in total. The maximum absolute atomic E-state index is 12.3. The van der Waals surface area contributed by atoms with Gasteiger partial charge in [-0.1, -0.05) is 124 Å². The number of carbonyl (C=O) groups excluding carboxylic acids is 2. The van der Waals surface area contributed by atoms with Crippen LogP contribution in [0.25, 0.3) is 0 Å². The molecule has 0 saturated carbocycles. The van der Waals surface area contributed by atoms with Crippen LogP contribution in [0.15, 0.2) is 97.2 Å². The predicted octanol–water partition coefficient (Wildman–Crippen LogP) is 10.0. The number of phosphoric acid groups is 1. The standard InChI is InChI=1S/C41H65O9P/c1-3-5-6-7-8-9-10-11-12-16-19-22-25-28-31-34-40(43)48-36-39(37-49-51(45,46)47)50-41(44)35-32-29-26-23-20-17-14-13-15-18-21-24-27-30-33-38(42)4-2/h8-9,11-12,14-15,17-19,22-24,26-27,30,33,38-39,42H,3-7,10,13,16,20-21,25,28-29,31-32,34-37H2,1-2H3,(H2,45,46,47)/b9-8-,12-11-,17-14-,18-15-,22-19-,26-23-,27-24-,33-30+/t38-,39-/m1/s1. The van der Waals surface area contributed by atoms with E-state index in [1.165, 1.54) is 19.3 Å². The maximum atomic E-state index is 12.3. The van der Waals surface area contributed by atoms with Gasteiger partial charge in [-0.3, -0.25) is 14.1 Å². The molecule has 2 atom stereocenters. The van der Waals surface area contributed by atoms with Crippen molar-refractivity contribution >= 4 is 19.8 Å². The van der Waals surface area contributed by atoms with Gasteiger partial charge >= 0.3 is 19.8 Å². The average Bonchev–Trinajstić information content (AvgIpc) is 3.10. The van der Waals surface area contributed by atoms with Crippen molar-refractivity contribution in [2.24, 2.45) is 0 Å². The number of phosphoric ester groups is 1. The third-order valence-corrected chi connectivity index (χ3v) is 7.73. The van der Waals surface area contributed by atoms with Gasteiger partial charge in [-0.25, -0.2) is 4.57 Å². The topological polar surface area (TPSA) is 140 Å². The molecular weight excluding hydrogens is 667 g/mol. The van der Waals surface area contributed by atoms with Gasteiger partial charge in [0.2, 0.25) is 0 Å². The van der Waals surface area contributed by atoms with Crippen molar-refractivity contribution in [3.05, 3.63) is 97.2 Å². The molecule has 288 valence electrons. The zero-order valence-corrected chi connectivity index (χ0v) is 32.0. The third kappa shape index (κ3) is 38.0. The van der Waals surface area contributed by atoms with Crippen molar-refractivity contribution in [1.29, 1.82) is 0 Å². The van der Waals surface area contributed by atoms with Crippen molar-refractivity contribution in [3.8, 4) is 0 Å². The van der Waals surface area contributed by atoms with Crippen LogP contribution in [0, 0.1) is 0 Å². The number of ether oxygens (including phenoxy) is 2. The highest BCUT2D eigenvalue weighted by atomic mass is 31.2. The zero-order valence-electron chi connectivity index (χ0n) is 31.1. The van der Waals surface area contributed by atoms with Gasteiger partial charge in [0.25, 0.3) is 0 Å². The lowest BCUT2D eigenvalue weighted by Gasteiger charge is -2.18. The minimum absolute atomic E-state index is 0.105. The largest absolute Gasteiger partial charge is 0.469 e. The van der Waals surface area contributed by atoms with E-state index in [0.29, 0.717) is 25.7 Å². The second kappa shape index (κ2) is 35.3. The molecule has 0 aromatic carbocycles. The van der Waals surface area contributed by atoms with Crippen LogP contribution in [0.4, 0.5) is 0 Å². The Hall–Kier alpha value is -3.07. The van der Waals surface area contributed by atoms with Crippen molar-refractivity contribution < 1.29 is 43.0 Å². The molecule has 0 spiro atoms. The van der Waals surface area contributed by atoms with E-state index in [0.717, 1.165) is 51.4 Å². The molecule has 0 amide bonds. The Morgan fingerprint density at radius 1 is 0.608 bits per heavy atom. The summed E-state index contributed by atoms with van der Waals surface area (Å²) in [7, 11) is -4.79. The first kappa shape index (κ1) is 47.9. The number of hydrogen-bond donors (Lipinski definition) is 3. The van der Waals surface area contributed by atoms with Crippen molar-refractivity contribution in [2.45, 2.75) is 135 Å². The highest BCUT2D eigenvalue weighted by Crippen LogP contribution is 2.35. The van der Waals surface area contributed by atoms with Gasteiger partial charge in [-0.2, -0.15) is 0 Å². The first-order valence-corrected chi connectivity index (χ1v) is 20.2. The van der Waals surface area contributed by atoms with E-state index in [2.05, 4.69) is 72.2 Å². The molecule has 0 aromatic rings. The fourth-order valence-corrected chi connectivity index (χ4v) is 4.67. The molecule has 9 nitrogen and oxygen atoms in total. The molecule has 0 bridgehead atoms. The van der Waals surface area contributed by atoms with Crippen molar-refractivity contribution in [3.63, 3.8) is 0 Å². The smallest absolute Gasteiger partial charge is 0.462 e. The van der Waals surface area contributed by atoms with Crippen LogP contribution >= 0.6 is 7.82 Å². The van der Waals surface area contributed by atoms with Crippen LogP contribution in [0.5, 0.6) is 0 Å². The summed E-state index contributed by atoms with van der Waals surface area (Å²) in [5.41, 5.74) is 0. The Morgan fingerprint density at radius 3 is 1.63 bits per heavy atom. The monoisotopic (exact) mass is 732 g/mol. The van der Waals surface area contributed by atoms with Crippen molar-refractivity contribution in [1.82, 2.24) is 0 Å². The molecule has 0 aliphatic heterocycles. The SMILES string of the molecule is CCCCC/C=C\C/C=C\C/C=C\CCCCC(=O)OC[C@H](COP(=O)(O)O)OC(=O)CCC/C=C\C/C=C\C/C=C\C/C=C\C=C\[C@H](O)CC. The Balaban J connectivity index is 4.20. The molecule has 0 fully saturated rings. The number of aliphatic hydroxyl groups excluding tert-OH is 1. The summed E-state index contributed by atoms with van der Waals surface area (Å²) >= 11 is 0. The summed E-state index contributed by atoms with van der Waals surface area (Å²) < 4.78 is 26.2. The summed E-state index contributed by atoms with van der Waals surface area (Å²) in [6.07, 6.45) is 45.1. The van der Waals surface area contributed by atoms with E-state index >= 15 is 0 Å². The molecule has 0 heterocycles. The highest BCUT2D eigenvalue weighted by Gasteiger charge is 2.22. The van der Waals surface area contributed by atoms with Crippen LogP contribution in [0.2, 0.25) is 0 Å². The van der Waals surface area contributed by atoms with Crippen LogP contribution in [0.1, 0.15) is 123 Å². The molecule has 51 heavy (non-hydrogen) atoms.